The van der Waals surface area contributed by atoms with E-state index in [4.69, 9.17) is 0 Å². The minimum Gasteiger partial charge on any atom is -0.244 e. The highest BCUT2D eigenvalue weighted by Gasteiger charge is 2.72. The van der Waals surface area contributed by atoms with E-state index in [-0.39, 0.29) is 6.42 Å². The van der Waals surface area contributed by atoms with Gasteiger partial charge in [0.2, 0.25) is 0 Å². The van der Waals surface area contributed by atoms with Gasteiger partial charge in [-0.1, -0.05) is 20.3 Å². The Morgan fingerprint density at radius 2 is 1.50 bits per heavy atom. The number of alkyl halides is 7. The molecule has 0 aromatic carbocycles. The van der Waals surface area contributed by atoms with E-state index in [2.05, 4.69) is 0 Å². The van der Waals surface area contributed by atoms with Crippen LogP contribution in [0.1, 0.15) is 20.3 Å². The molecule has 0 aliphatic rings. The van der Waals surface area contributed by atoms with E-state index in [0.717, 1.165) is 6.42 Å². The molecule has 0 aromatic rings. The maximum absolute atomic E-state index is 13.0. The summed E-state index contributed by atoms with van der Waals surface area (Å²) in [6.07, 6.45) is 0.802. The first-order valence-electron chi connectivity index (χ1n) is 4.57. The zero-order valence-electron chi connectivity index (χ0n) is 8.71. The summed E-state index contributed by atoms with van der Waals surface area (Å²) in [5.74, 6) is -18.1. The van der Waals surface area contributed by atoms with Gasteiger partial charge in [0.25, 0.3) is 0 Å². The molecule has 0 saturated heterocycles. The fourth-order valence-corrected chi connectivity index (χ4v) is 1.12. The predicted molar refractivity (Wildman–Crippen MR) is 44.6 cm³/mol. The normalized spacial score (nSPS) is 16.3. The summed E-state index contributed by atoms with van der Waals surface area (Å²) in [7, 11) is 0. The maximum atomic E-state index is 13.0. The van der Waals surface area contributed by atoms with Crippen LogP contribution in [0.15, 0.2) is 0 Å². The van der Waals surface area contributed by atoms with E-state index in [1.54, 1.807) is 0 Å². The average molecular weight is 253 g/mol. The van der Waals surface area contributed by atoms with Crippen LogP contribution in [0.5, 0.6) is 0 Å². The molecule has 0 saturated carbocycles. The molecule has 97 valence electrons. The van der Waals surface area contributed by atoms with Crippen molar-refractivity contribution in [3.63, 3.8) is 0 Å². The summed E-state index contributed by atoms with van der Waals surface area (Å²) in [4.78, 5) is 0. The molecule has 0 fully saturated rings. The third-order valence-corrected chi connectivity index (χ3v) is 2.21. The lowest BCUT2D eigenvalue weighted by molar-refractivity contribution is -0.322. The molecule has 0 bridgehead atoms. The molecule has 16 heavy (non-hydrogen) atoms. The van der Waals surface area contributed by atoms with Gasteiger partial charge in [0.15, 0.2) is 6.67 Å². The molecule has 0 amide bonds. The minimum atomic E-state index is -5.71. The van der Waals surface area contributed by atoms with Gasteiger partial charge in [-0.2, -0.15) is 26.3 Å². The quantitative estimate of drug-likeness (QED) is 0.625. The number of rotatable bonds is 6. The molecule has 0 spiro atoms. The van der Waals surface area contributed by atoms with Gasteiger partial charge in [0, 0.05) is 5.92 Å². The van der Waals surface area contributed by atoms with Crippen LogP contribution < -0.4 is 0 Å². The standard InChI is InChI=1S/C9H12F7/c1-3-4-6(2)8(13,14)9(15,16)7(11,12)5-10/h4,6H,3,5H2,1-2H3. The molecule has 7 heteroatoms. The fraction of sp³-hybridized carbons (Fsp3) is 0.889. The van der Waals surface area contributed by atoms with Crippen molar-refractivity contribution < 1.29 is 30.7 Å². The molecule has 0 aromatic heterocycles. The monoisotopic (exact) mass is 253 g/mol. The SMILES string of the molecule is CC[CH]C(C)C(F)(F)C(F)(F)C(F)(F)CF. The molecule has 1 atom stereocenters. The molecular formula is C9H12F7. The van der Waals surface area contributed by atoms with Crippen LogP contribution in [0.4, 0.5) is 30.7 Å². The summed E-state index contributed by atoms with van der Waals surface area (Å²) in [5, 5.41) is 0. The summed E-state index contributed by atoms with van der Waals surface area (Å²) in [5.41, 5.74) is 0. The number of halogens is 7. The summed E-state index contributed by atoms with van der Waals surface area (Å²) < 4.78 is 88.1. The third kappa shape index (κ3) is 2.43. The Kier molecular flexibility index (Phi) is 4.64. The number of hydrogen-bond donors (Lipinski definition) is 0. The van der Waals surface area contributed by atoms with Crippen molar-refractivity contribution in [3.8, 4) is 0 Å². The Bertz CT molecular complexity index is 224. The topological polar surface area (TPSA) is 0 Å². The van der Waals surface area contributed by atoms with Crippen LogP contribution in [0.2, 0.25) is 0 Å². The molecule has 0 heterocycles. The molecule has 1 radical (unpaired) electrons. The summed E-state index contributed by atoms with van der Waals surface area (Å²) >= 11 is 0. The van der Waals surface area contributed by atoms with Gasteiger partial charge in [0.1, 0.15) is 0 Å². The van der Waals surface area contributed by atoms with Crippen molar-refractivity contribution in [2.75, 3.05) is 6.67 Å². The second-order valence-electron chi connectivity index (χ2n) is 3.47. The smallest absolute Gasteiger partial charge is 0.244 e. The van der Waals surface area contributed by atoms with Crippen LogP contribution in [0.25, 0.3) is 0 Å². The van der Waals surface area contributed by atoms with Crippen molar-refractivity contribution >= 4 is 0 Å². The zero-order valence-corrected chi connectivity index (χ0v) is 8.71. The van der Waals surface area contributed by atoms with Crippen LogP contribution in [0, 0.1) is 12.3 Å². The van der Waals surface area contributed by atoms with Gasteiger partial charge >= 0.3 is 17.8 Å². The van der Waals surface area contributed by atoms with E-state index >= 15 is 0 Å². The van der Waals surface area contributed by atoms with Crippen molar-refractivity contribution in [2.45, 2.75) is 38.0 Å². The lowest BCUT2D eigenvalue weighted by Crippen LogP contribution is -2.58. The van der Waals surface area contributed by atoms with Gasteiger partial charge in [-0.05, 0) is 6.42 Å². The van der Waals surface area contributed by atoms with Crippen molar-refractivity contribution in [1.29, 1.82) is 0 Å². The Balaban J connectivity index is 5.12. The summed E-state index contributed by atoms with van der Waals surface area (Å²) in [6.45, 7) is -0.738. The summed E-state index contributed by atoms with van der Waals surface area (Å²) in [6, 6.07) is 0. The Morgan fingerprint density at radius 1 is 1.06 bits per heavy atom. The van der Waals surface area contributed by atoms with Gasteiger partial charge in [-0.3, -0.25) is 0 Å². The van der Waals surface area contributed by atoms with Crippen molar-refractivity contribution in [1.82, 2.24) is 0 Å². The van der Waals surface area contributed by atoms with Crippen molar-refractivity contribution in [2.24, 2.45) is 5.92 Å². The van der Waals surface area contributed by atoms with E-state index < -0.39 is 30.4 Å². The molecular weight excluding hydrogens is 241 g/mol. The Morgan fingerprint density at radius 3 is 1.81 bits per heavy atom. The highest BCUT2D eigenvalue weighted by Crippen LogP contribution is 2.49. The highest BCUT2D eigenvalue weighted by atomic mass is 19.3. The highest BCUT2D eigenvalue weighted by molar-refractivity contribution is 5.01. The van der Waals surface area contributed by atoms with Crippen LogP contribution in [-0.4, -0.2) is 24.4 Å². The van der Waals surface area contributed by atoms with Gasteiger partial charge in [-0.15, -0.1) is 0 Å². The Hall–Kier alpha value is -0.490. The second-order valence-corrected chi connectivity index (χ2v) is 3.47. The van der Waals surface area contributed by atoms with Gasteiger partial charge < -0.3 is 0 Å². The molecule has 0 rings (SSSR count). The Labute approximate surface area is 88.8 Å². The second kappa shape index (κ2) is 4.79. The zero-order chi connectivity index (χ0) is 13.2. The van der Waals surface area contributed by atoms with Crippen LogP contribution >= 0.6 is 0 Å². The first kappa shape index (κ1) is 15.5. The lowest BCUT2D eigenvalue weighted by atomic mass is 9.90. The van der Waals surface area contributed by atoms with E-state index in [1.807, 2.05) is 0 Å². The van der Waals surface area contributed by atoms with E-state index in [9.17, 15) is 30.7 Å². The molecule has 0 aliphatic heterocycles. The van der Waals surface area contributed by atoms with Crippen LogP contribution in [-0.2, 0) is 0 Å². The fourth-order valence-electron chi connectivity index (χ4n) is 1.12. The van der Waals surface area contributed by atoms with Crippen molar-refractivity contribution in [3.05, 3.63) is 6.42 Å². The van der Waals surface area contributed by atoms with Crippen LogP contribution in [0.3, 0.4) is 0 Å². The van der Waals surface area contributed by atoms with Gasteiger partial charge in [0.05, 0.1) is 0 Å². The largest absolute Gasteiger partial charge is 0.374 e. The van der Waals surface area contributed by atoms with Gasteiger partial charge in [-0.25, -0.2) is 4.39 Å². The molecule has 0 nitrogen and oxygen atoms in total. The average Bonchev–Trinajstić information content (AvgIpc) is 2.17. The lowest BCUT2D eigenvalue weighted by Gasteiger charge is -2.34. The predicted octanol–water partition coefficient (Wildman–Crippen LogP) is 4.11. The molecule has 1 unspecified atom stereocenters. The van der Waals surface area contributed by atoms with E-state index in [0.29, 0.717) is 6.92 Å². The first-order chi connectivity index (χ1) is 7.04. The third-order valence-electron chi connectivity index (χ3n) is 2.21. The maximum Gasteiger partial charge on any atom is 0.374 e. The first-order valence-corrected chi connectivity index (χ1v) is 4.57. The number of hydrogen-bond acceptors (Lipinski definition) is 0. The van der Waals surface area contributed by atoms with E-state index in [1.165, 1.54) is 6.92 Å². The minimum absolute atomic E-state index is 0.0219. The molecule has 0 aliphatic carbocycles. The molecule has 0 N–H and O–H groups in total.